The fourth-order valence-electron chi connectivity index (χ4n) is 0.881. The van der Waals surface area contributed by atoms with Gasteiger partial charge in [0.2, 0.25) is 0 Å². The molecule has 1 unspecified atom stereocenters. The highest BCUT2D eigenvalue weighted by Gasteiger charge is 2.45. The Kier molecular flexibility index (Phi) is 3.30. The van der Waals surface area contributed by atoms with E-state index in [2.05, 4.69) is 25.4 Å². The number of methoxy groups -OCH3 is 2. The highest BCUT2D eigenvalue weighted by atomic mass is 79.9. The summed E-state index contributed by atoms with van der Waals surface area (Å²) >= 11 is 19.4. The molecule has 0 aliphatic heterocycles. The maximum absolute atomic E-state index is 11.9. The predicted molar refractivity (Wildman–Crippen MR) is 65.2 cm³/mol. The molecule has 0 aromatic rings. The van der Waals surface area contributed by atoms with Crippen molar-refractivity contribution in [2.24, 2.45) is 0 Å². The molecule has 0 saturated carbocycles. The van der Waals surface area contributed by atoms with Crippen LogP contribution in [0.4, 0.5) is 0 Å². The van der Waals surface area contributed by atoms with Crippen LogP contribution in [0.15, 0.2) is 0 Å². The molecule has 0 aromatic carbocycles. The average Bonchev–Trinajstić information content (AvgIpc) is 2.06. The van der Waals surface area contributed by atoms with Crippen LogP contribution in [0.5, 0.6) is 0 Å². The second-order valence-electron chi connectivity index (χ2n) is 2.80. The number of hydrogen-bond acceptors (Lipinski definition) is 4. The minimum atomic E-state index is -3.10. The SMILES string of the molecule is [2H]C([2H])([2H])OC(=O)CC(Br)(CC(Cl)(Cl)Cl)C(=O)OC([2H])([2H])[2H]. The summed E-state index contributed by atoms with van der Waals surface area (Å²) in [7, 11) is -6.14. The number of esters is 2. The van der Waals surface area contributed by atoms with Crippen molar-refractivity contribution in [2.45, 2.75) is 21.0 Å². The Morgan fingerprint density at radius 2 is 1.88 bits per heavy atom. The fraction of sp³-hybridized carbons (Fsp3) is 0.750. The molecule has 0 rings (SSSR count). The van der Waals surface area contributed by atoms with Crippen LogP contribution in [-0.4, -0.2) is 34.1 Å². The number of carbonyl (C=O) groups is 2. The highest BCUT2D eigenvalue weighted by molar-refractivity contribution is 9.10. The monoisotopic (exact) mass is 360 g/mol. The van der Waals surface area contributed by atoms with Crippen molar-refractivity contribution in [3.63, 3.8) is 0 Å². The van der Waals surface area contributed by atoms with Crippen LogP contribution in [0.2, 0.25) is 0 Å². The molecular formula is C8H10BrCl3O4. The van der Waals surface area contributed by atoms with Gasteiger partial charge in [0.15, 0.2) is 3.79 Å². The Morgan fingerprint density at radius 3 is 2.31 bits per heavy atom. The maximum atomic E-state index is 11.9. The van der Waals surface area contributed by atoms with Gasteiger partial charge in [0.05, 0.1) is 28.7 Å². The first-order valence-electron chi connectivity index (χ1n) is 6.64. The van der Waals surface area contributed by atoms with Crippen LogP contribution in [0, 0.1) is 0 Å². The molecule has 0 saturated heterocycles. The molecule has 8 heteroatoms. The lowest BCUT2D eigenvalue weighted by Gasteiger charge is -2.26. The van der Waals surface area contributed by atoms with Gasteiger partial charge in [-0.1, -0.05) is 50.7 Å². The quantitative estimate of drug-likeness (QED) is 0.570. The first-order valence-corrected chi connectivity index (χ1v) is 5.57. The maximum Gasteiger partial charge on any atom is 0.323 e. The molecule has 0 N–H and O–H groups in total. The third kappa shape index (κ3) is 5.57. The Labute approximate surface area is 125 Å². The molecule has 0 heterocycles. The van der Waals surface area contributed by atoms with E-state index in [4.69, 9.17) is 43.0 Å². The standard InChI is InChI=1S/C8H10BrCl3O4/c1-15-5(13)3-7(9,6(14)16-2)4-8(10,11)12/h3-4H2,1-2H3/i1D3,2D3. The lowest BCUT2D eigenvalue weighted by atomic mass is 10.0. The Bertz CT molecular complexity index is 435. The molecule has 0 bridgehead atoms. The second kappa shape index (κ2) is 6.28. The van der Waals surface area contributed by atoms with E-state index in [-0.39, 0.29) is 0 Å². The van der Waals surface area contributed by atoms with E-state index in [9.17, 15) is 9.59 Å². The molecule has 0 aliphatic rings. The van der Waals surface area contributed by atoms with E-state index < -0.39 is 47.0 Å². The van der Waals surface area contributed by atoms with Gasteiger partial charge in [-0.15, -0.1) is 0 Å². The van der Waals surface area contributed by atoms with Gasteiger partial charge in [-0.3, -0.25) is 9.59 Å². The van der Waals surface area contributed by atoms with Crippen LogP contribution in [0.1, 0.15) is 21.1 Å². The third-order valence-corrected chi connectivity index (χ3v) is 2.76. The minimum absolute atomic E-state index is 0.671. The van der Waals surface area contributed by atoms with E-state index in [0.717, 1.165) is 0 Å². The molecule has 0 fully saturated rings. The Hall–Kier alpha value is 0.290. The van der Waals surface area contributed by atoms with E-state index >= 15 is 0 Å². The average molecular weight is 362 g/mol. The van der Waals surface area contributed by atoms with Crippen molar-refractivity contribution in [1.29, 1.82) is 0 Å². The van der Waals surface area contributed by atoms with Crippen LogP contribution < -0.4 is 0 Å². The van der Waals surface area contributed by atoms with E-state index in [0.29, 0.717) is 0 Å². The molecule has 1 atom stereocenters. The summed E-state index contributed by atoms with van der Waals surface area (Å²) in [5, 5.41) is 0. The van der Waals surface area contributed by atoms with Crippen LogP contribution >= 0.6 is 50.7 Å². The first kappa shape index (κ1) is 8.40. The summed E-state index contributed by atoms with van der Waals surface area (Å²) in [5.74, 6) is -2.77. The van der Waals surface area contributed by atoms with Gasteiger partial charge in [0.1, 0.15) is 4.32 Å². The van der Waals surface area contributed by atoms with Gasteiger partial charge in [0, 0.05) is 6.42 Å². The molecule has 0 amide bonds. The van der Waals surface area contributed by atoms with Crippen LogP contribution in [-0.2, 0) is 19.1 Å². The van der Waals surface area contributed by atoms with Gasteiger partial charge in [0.25, 0.3) is 0 Å². The van der Waals surface area contributed by atoms with Crippen molar-refractivity contribution < 1.29 is 27.3 Å². The Morgan fingerprint density at radius 1 is 1.31 bits per heavy atom. The van der Waals surface area contributed by atoms with Crippen molar-refractivity contribution in [1.82, 2.24) is 0 Å². The number of ether oxygens (including phenoxy) is 2. The summed E-state index contributed by atoms with van der Waals surface area (Å²) in [5.41, 5.74) is 0. The fourth-order valence-corrected chi connectivity index (χ4v) is 2.78. The predicted octanol–water partition coefficient (Wildman–Crippen LogP) is 2.62. The second-order valence-corrected chi connectivity index (χ2v) is 6.83. The van der Waals surface area contributed by atoms with Crippen LogP contribution in [0.25, 0.3) is 0 Å². The van der Waals surface area contributed by atoms with E-state index in [1.165, 1.54) is 0 Å². The number of hydrogen-bond donors (Lipinski definition) is 0. The molecule has 0 spiro atoms. The van der Waals surface area contributed by atoms with Crippen LogP contribution in [0.3, 0.4) is 0 Å². The largest absolute Gasteiger partial charge is 0.469 e. The summed E-state index contributed by atoms with van der Waals surface area (Å²) in [6, 6.07) is 0. The van der Waals surface area contributed by atoms with Crippen molar-refractivity contribution in [3.05, 3.63) is 0 Å². The highest BCUT2D eigenvalue weighted by Crippen LogP contribution is 2.41. The molecule has 0 aliphatic carbocycles. The zero-order valence-corrected chi connectivity index (χ0v) is 11.4. The zero-order valence-electron chi connectivity index (χ0n) is 13.6. The molecule has 94 valence electrons. The summed E-state index contributed by atoms with van der Waals surface area (Å²) in [6.07, 6.45) is -1.59. The molecule has 0 aromatic heterocycles. The molecule has 16 heavy (non-hydrogen) atoms. The van der Waals surface area contributed by atoms with E-state index in [1.807, 2.05) is 0 Å². The number of carbonyl (C=O) groups excluding carboxylic acids is 2. The van der Waals surface area contributed by atoms with Crippen molar-refractivity contribution >= 4 is 62.7 Å². The third-order valence-electron chi connectivity index (χ3n) is 1.48. The van der Waals surface area contributed by atoms with Crippen molar-refractivity contribution in [3.8, 4) is 0 Å². The van der Waals surface area contributed by atoms with Gasteiger partial charge in [-0.2, -0.15) is 0 Å². The van der Waals surface area contributed by atoms with Gasteiger partial charge in [-0.25, -0.2) is 0 Å². The Balaban J connectivity index is 5.27. The molecule has 0 radical (unpaired) electrons. The lowest BCUT2D eigenvalue weighted by molar-refractivity contribution is -0.150. The van der Waals surface area contributed by atoms with Gasteiger partial charge < -0.3 is 9.47 Å². The van der Waals surface area contributed by atoms with Gasteiger partial charge >= 0.3 is 11.9 Å². The number of halogens is 4. The summed E-state index contributed by atoms with van der Waals surface area (Å²) in [4.78, 5) is 23.4. The molecular weight excluding hydrogens is 346 g/mol. The van der Waals surface area contributed by atoms with Gasteiger partial charge in [-0.05, 0) is 0 Å². The van der Waals surface area contributed by atoms with E-state index in [1.54, 1.807) is 0 Å². The number of rotatable bonds is 4. The normalized spacial score (nSPS) is 22.2. The van der Waals surface area contributed by atoms with Crippen molar-refractivity contribution in [2.75, 3.05) is 14.1 Å². The number of alkyl halides is 4. The summed E-state index contributed by atoms with van der Waals surface area (Å²) < 4.78 is 45.1. The lowest BCUT2D eigenvalue weighted by Crippen LogP contribution is -2.39. The zero-order chi connectivity index (χ0) is 18.0. The molecule has 4 nitrogen and oxygen atoms in total. The first-order chi connectivity index (χ1) is 9.44. The summed E-state index contributed by atoms with van der Waals surface area (Å²) in [6.45, 7) is 0. The topological polar surface area (TPSA) is 52.6 Å². The minimum Gasteiger partial charge on any atom is -0.469 e. The smallest absolute Gasteiger partial charge is 0.323 e.